The highest BCUT2D eigenvalue weighted by atomic mass is 16.3. The number of aliphatic hydroxyl groups excluding tert-OH is 1. The molecule has 0 rings (SSSR count). The lowest BCUT2D eigenvalue weighted by atomic mass is 9.73. The third-order valence-corrected chi connectivity index (χ3v) is 6.63. The first-order valence-corrected chi connectivity index (χ1v) is 12.2. The summed E-state index contributed by atoms with van der Waals surface area (Å²) in [4.78, 5) is 0. The first-order valence-electron chi connectivity index (χ1n) is 12.2. The normalized spacial score (nSPS) is 15.0. The fraction of sp³-hybridized carbons (Fsp3) is 1.00. The van der Waals surface area contributed by atoms with E-state index in [-0.39, 0.29) is 18.1 Å². The highest BCUT2D eigenvalue weighted by Crippen LogP contribution is 2.31. The Balaban J connectivity index is 3.44. The maximum atomic E-state index is 9.31. The minimum absolute atomic E-state index is 0.0647. The Hall–Kier alpha value is -0.120. The van der Waals surface area contributed by atoms with E-state index >= 15 is 0 Å². The van der Waals surface area contributed by atoms with E-state index < -0.39 is 0 Å². The van der Waals surface area contributed by atoms with Crippen molar-refractivity contribution in [2.75, 3.05) is 13.2 Å². The van der Waals surface area contributed by atoms with E-state index in [0.29, 0.717) is 6.54 Å². The van der Waals surface area contributed by atoms with Crippen molar-refractivity contribution in [3.05, 3.63) is 0 Å². The van der Waals surface area contributed by atoms with Crippen LogP contribution in [0.25, 0.3) is 0 Å². The molecule has 2 atom stereocenters. The first kappa shape index (κ1) is 26.9. The fourth-order valence-corrected chi connectivity index (χ4v) is 4.29. The van der Waals surface area contributed by atoms with Gasteiger partial charge in [0.15, 0.2) is 0 Å². The summed E-state index contributed by atoms with van der Waals surface area (Å²) in [6.45, 7) is 5.21. The number of unbranched alkanes of at least 4 members (excludes halogenated alkanes) is 14. The molecule has 0 aromatic heterocycles. The van der Waals surface area contributed by atoms with Gasteiger partial charge in [-0.3, -0.25) is 0 Å². The Morgan fingerprint density at radius 2 is 1.11 bits per heavy atom. The molecule has 0 heterocycles. The van der Waals surface area contributed by atoms with Crippen molar-refractivity contribution in [1.29, 1.82) is 0 Å². The number of rotatable bonds is 21. The minimum atomic E-state index is -0.0647. The van der Waals surface area contributed by atoms with E-state index in [1.54, 1.807) is 0 Å². The average Bonchev–Trinajstić information content (AvgIpc) is 2.69. The standard InChI is InChI=1S/C24H52N2O/c1-3-5-6-7-8-9-10-11-12-13-14-15-16-17-18-19-23(26)24(4-2,22-25)20-21-27/h23,27H,3-22,25-26H2,1-2H3. The van der Waals surface area contributed by atoms with Crippen LogP contribution in [-0.2, 0) is 0 Å². The van der Waals surface area contributed by atoms with Crippen LogP contribution in [0.2, 0.25) is 0 Å². The third-order valence-electron chi connectivity index (χ3n) is 6.63. The number of hydrogen-bond acceptors (Lipinski definition) is 3. The Kier molecular flexibility index (Phi) is 19.1. The second-order valence-corrected chi connectivity index (χ2v) is 8.74. The summed E-state index contributed by atoms with van der Waals surface area (Å²) in [7, 11) is 0. The maximum Gasteiger partial charge on any atom is 0.0437 e. The van der Waals surface area contributed by atoms with Gasteiger partial charge >= 0.3 is 0 Å². The van der Waals surface area contributed by atoms with Gasteiger partial charge in [-0.05, 0) is 31.2 Å². The summed E-state index contributed by atoms with van der Waals surface area (Å²) in [6, 6.07) is 0.127. The zero-order valence-corrected chi connectivity index (χ0v) is 18.8. The molecule has 3 nitrogen and oxygen atoms in total. The summed E-state index contributed by atoms with van der Waals surface area (Å²) < 4.78 is 0. The molecule has 0 spiro atoms. The SMILES string of the molecule is CCCCCCCCCCCCCCCCCC(N)C(CC)(CN)CCO. The molecule has 0 saturated carbocycles. The Labute approximate surface area is 171 Å². The Morgan fingerprint density at radius 3 is 1.44 bits per heavy atom. The molecule has 3 heteroatoms. The van der Waals surface area contributed by atoms with Crippen LogP contribution in [0.5, 0.6) is 0 Å². The zero-order valence-electron chi connectivity index (χ0n) is 18.8. The van der Waals surface area contributed by atoms with Gasteiger partial charge in [0.25, 0.3) is 0 Å². The van der Waals surface area contributed by atoms with Crippen molar-refractivity contribution in [3.63, 3.8) is 0 Å². The van der Waals surface area contributed by atoms with Crippen LogP contribution in [-0.4, -0.2) is 24.3 Å². The van der Waals surface area contributed by atoms with Crippen molar-refractivity contribution < 1.29 is 5.11 Å². The quantitative estimate of drug-likeness (QED) is 0.203. The topological polar surface area (TPSA) is 72.3 Å². The van der Waals surface area contributed by atoms with Crippen LogP contribution < -0.4 is 11.5 Å². The van der Waals surface area contributed by atoms with E-state index in [4.69, 9.17) is 11.5 Å². The number of nitrogens with two attached hydrogens (primary N) is 2. The van der Waals surface area contributed by atoms with Crippen LogP contribution in [0.3, 0.4) is 0 Å². The Bertz CT molecular complexity index is 292. The molecule has 0 aliphatic carbocycles. The molecule has 0 radical (unpaired) electrons. The molecule has 0 aromatic carbocycles. The predicted octanol–water partition coefficient (Wildman–Crippen LogP) is 6.31. The molecule has 0 aliphatic rings. The zero-order chi connectivity index (χ0) is 20.2. The summed E-state index contributed by atoms with van der Waals surface area (Å²) >= 11 is 0. The monoisotopic (exact) mass is 384 g/mol. The fourth-order valence-electron chi connectivity index (χ4n) is 4.29. The van der Waals surface area contributed by atoms with Crippen molar-refractivity contribution in [2.45, 2.75) is 135 Å². The molecule has 0 amide bonds. The lowest BCUT2D eigenvalue weighted by Crippen LogP contribution is -2.47. The first-order chi connectivity index (χ1) is 13.2. The third kappa shape index (κ3) is 13.7. The average molecular weight is 385 g/mol. The molecule has 0 bridgehead atoms. The second-order valence-electron chi connectivity index (χ2n) is 8.74. The molecule has 0 fully saturated rings. The molecular formula is C24H52N2O. The van der Waals surface area contributed by atoms with Gasteiger partial charge in [-0.2, -0.15) is 0 Å². The highest BCUT2D eigenvalue weighted by Gasteiger charge is 2.32. The second kappa shape index (κ2) is 19.2. The minimum Gasteiger partial charge on any atom is -0.396 e. The lowest BCUT2D eigenvalue weighted by molar-refractivity contribution is 0.142. The van der Waals surface area contributed by atoms with Crippen LogP contribution in [0.1, 0.15) is 129 Å². The van der Waals surface area contributed by atoms with Crippen molar-refractivity contribution >= 4 is 0 Å². The summed E-state index contributed by atoms with van der Waals surface area (Å²) in [6.07, 6.45) is 23.6. The Morgan fingerprint density at radius 1 is 0.704 bits per heavy atom. The van der Waals surface area contributed by atoms with Gasteiger partial charge < -0.3 is 16.6 Å². The van der Waals surface area contributed by atoms with Crippen LogP contribution in [0.15, 0.2) is 0 Å². The smallest absolute Gasteiger partial charge is 0.0437 e. The van der Waals surface area contributed by atoms with Crippen molar-refractivity contribution in [2.24, 2.45) is 16.9 Å². The summed E-state index contributed by atoms with van der Waals surface area (Å²) in [5.74, 6) is 0. The van der Waals surface area contributed by atoms with Gasteiger partial charge in [-0.25, -0.2) is 0 Å². The van der Waals surface area contributed by atoms with Gasteiger partial charge in [0, 0.05) is 12.6 Å². The van der Waals surface area contributed by atoms with Crippen LogP contribution in [0.4, 0.5) is 0 Å². The van der Waals surface area contributed by atoms with E-state index in [1.807, 2.05) is 0 Å². The molecule has 0 saturated heterocycles. The van der Waals surface area contributed by atoms with E-state index in [2.05, 4.69) is 13.8 Å². The maximum absolute atomic E-state index is 9.31. The highest BCUT2D eigenvalue weighted by molar-refractivity contribution is 4.89. The molecular weight excluding hydrogens is 332 g/mol. The molecule has 164 valence electrons. The number of aliphatic hydroxyl groups is 1. The molecule has 2 unspecified atom stereocenters. The predicted molar refractivity (Wildman–Crippen MR) is 121 cm³/mol. The van der Waals surface area contributed by atoms with Gasteiger partial charge in [-0.15, -0.1) is 0 Å². The molecule has 5 N–H and O–H groups in total. The molecule has 0 aliphatic heterocycles. The largest absolute Gasteiger partial charge is 0.396 e. The summed E-state index contributed by atoms with van der Waals surface area (Å²) in [5.41, 5.74) is 12.3. The number of hydrogen-bond donors (Lipinski definition) is 3. The molecule has 27 heavy (non-hydrogen) atoms. The van der Waals surface area contributed by atoms with E-state index in [9.17, 15) is 5.11 Å². The van der Waals surface area contributed by atoms with E-state index in [1.165, 1.54) is 96.3 Å². The van der Waals surface area contributed by atoms with Gasteiger partial charge in [0.05, 0.1) is 0 Å². The van der Waals surface area contributed by atoms with E-state index in [0.717, 1.165) is 19.3 Å². The van der Waals surface area contributed by atoms with Gasteiger partial charge in [-0.1, -0.05) is 110 Å². The van der Waals surface area contributed by atoms with Crippen LogP contribution in [0, 0.1) is 5.41 Å². The van der Waals surface area contributed by atoms with Crippen molar-refractivity contribution in [3.8, 4) is 0 Å². The van der Waals surface area contributed by atoms with Crippen molar-refractivity contribution in [1.82, 2.24) is 0 Å². The van der Waals surface area contributed by atoms with Gasteiger partial charge in [0.2, 0.25) is 0 Å². The molecule has 0 aromatic rings. The van der Waals surface area contributed by atoms with Gasteiger partial charge in [0.1, 0.15) is 0 Å². The lowest BCUT2D eigenvalue weighted by Gasteiger charge is -2.37. The summed E-state index contributed by atoms with van der Waals surface area (Å²) in [5, 5.41) is 9.31. The van der Waals surface area contributed by atoms with Crippen LogP contribution >= 0.6 is 0 Å².